The molecule has 0 bridgehead atoms. The number of anilines is 2. The number of hydrogen-bond acceptors (Lipinski definition) is 4. The molecule has 2 aromatic rings. The van der Waals surface area contributed by atoms with Gasteiger partial charge in [-0.1, -0.05) is 6.07 Å². The van der Waals surface area contributed by atoms with Gasteiger partial charge in [-0.25, -0.2) is 0 Å². The van der Waals surface area contributed by atoms with E-state index in [2.05, 4.69) is 22.3 Å². The lowest BCUT2D eigenvalue weighted by Gasteiger charge is -2.28. The van der Waals surface area contributed by atoms with E-state index in [-0.39, 0.29) is 12.3 Å². The molecule has 0 unspecified atom stereocenters. The van der Waals surface area contributed by atoms with Gasteiger partial charge in [0.2, 0.25) is 5.91 Å². The first kappa shape index (κ1) is 18.1. The van der Waals surface area contributed by atoms with Crippen molar-refractivity contribution in [3.05, 3.63) is 48.0 Å². The number of ether oxygens (including phenoxy) is 2. The number of carbonyl (C=O) groups excluding carboxylic acids is 1. The molecule has 0 atom stereocenters. The maximum Gasteiger partial charge on any atom is 0.228 e. The number of hydrogen-bond donors (Lipinski definition) is 1. The molecule has 1 aliphatic heterocycles. The molecule has 1 fully saturated rings. The fraction of sp³-hybridized carbons (Fsp3) is 0.381. The molecule has 0 aliphatic carbocycles. The molecule has 1 aliphatic rings. The van der Waals surface area contributed by atoms with E-state index in [1.807, 2.05) is 24.3 Å². The van der Waals surface area contributed by atoms with E-state index in [1.54, 1.807) is 20.3 Å². The first-order valence-corrected chi connectivity index (χ1v) is 9.05. The Morgan fingerprint density at radius 3 is 2.38 bits per heavy atom. The van der Waals surface area contributed by atoms with Gasteiger partial charge in [0, 0.05) is 36.1 Å². The molecule has 1 amide bonds. The molecule has 1 saturated heterocycles. The van der Waals surface area contributed by atoms with Gasteiger partial charge >= 0.3 is 0 Å². The number of nitrogens with zero attached hydrogens (tertiary/aromatic N) is 1. The van der Waals surface area contributed by atoms with E-state index in [1.165, 1.54) is 24.9 Å². The molecule has 3 rings (SSSR count). The molecule has 0 aromatic heterocycles. The number of methoxy groups -OCH3 is 2. The van der Waals surface area contributed by atoms with E-state index in [4.69, 9.17) is 9.47 Å². The van der Waals surface area contributed by atoms with Gasteiger partial charge in [-0.3, -0.25) is 4.79 Å². The van der Waals surface area contributed by atoms with E-state index in [0.717, 1.165) is 24.3 Å². The highest BCUT2D eigenvalue weighted by Crippen LogP contribution is 2.26. The van der Waals surface area contributed by atoms with E-state index in [0.29, 0.717) is 11.5 Å². The van der Waals surface area contributed by atoms with Crippen molar-refractivity contribution in [3.8, 4) is 11.5 Å². The zero-order chi connectivity index (χ0) is 18.4. The van der Waals surface area contributed by atoms with Crippen LogP contribution in [0.4, 0.5) is 11.4 Å². The third-order valence-electron chi connectivity index (χ3n) is 4.72. The summed E-state index contributed by atoms with van der Waals surface area (Å²) in [5, 5.41) is 2.96. The van der Waals surface area contributed by atoms with Crippen LogP contribution in [-0.4, -0.2) is 33.2 Å². The summed E-state index contributed by atoms with van der Waals surface area (Å²) in [5.41, 5.74) is 2.86. The minimum absolute atomic E-state index is 0.0702. The van der Waals surface area contributed by atoms with Crippen molar-refractivity contribution in [1.82, 2.24) is 0 Å². The number of nitrogens with one attached hydrogen (secondary N) is 1. The van der Waals surface area contributed by atoms with Crippen molar-refractivity contribution in [3.63, 3.8) is 0 Å². The summed E-state index contributed by atoms with van der Waals surface area (Å²) < 4.78 is 10.5. The Balaban J connectivity index is 1.61. The van der Waals surface area contributed by atoms with E-state index < -0.39 is 0 Å². The number of benzene rings is 2. The first-order valence-electron chi connectivity index (χ1n) is 9.05. The second kappa shape index (κ2) is 8.61. The molecule has 5 heteroatoms. The average Bonchev–Trinajstić information content (AvgIpc) is 2.69. The van der Waals surface area contributed by atoms with Crippen molar-refractivity contribution in [2.75, 3.05) is 37.5 Å². The summed E-state index contributed by atoms with van der Waals surface area (Å²) in [6, 6.07) is 13.6. The predicted molar refractivity (Wildman–Crippen MR) is 104 cm³/mol. The zero-order valence-electron chi connectivity index (χ0n) is 15.5. The average molecular weight is 354 g/mol. The highest BCUT2D eigenvalue weighted by Gasteiger charge is 2.12. The smallest absolute Gasteiger partial charge is 0.228 e. The van der Waals surface area contributed by atoms with Gasteiger partial charge in [-0.15, -0.1) is 0 Å². The van der Waals surface area contributed by atoms with E-state index in [9.17, 15) is 4.79 Å². The number of amides is 1. The summed E-state index contributed by atoms with van der Waals surface area (Å²) in [4.78, 5) is 14.8. The minimum atomic E-state index is -0.0702. The standard InChI is InChI=1S/C21H26N2O3/c1-25-19-11-6-16(20(15-19)26-2)14-21(24)22-17-7-9-18(10-8-17)23-12-4-3-5-13-23/h6-11,15H,3-5,12-14H2,1-2H3,(H,22,24). The summed E-state index contributed by atoms with van der Waals surface area (Å²) in [7, 11) is 3.20. The van der Waals surface area contributed by atoms with Gasteiger partial charge in [0.1, 0.15) is 11.5 Å². The van der Waals surface area contributed by atoms with Crippen LogP contribution in [0, 0.1) is 0 Å². The predicted octanol–water partition coefficient (Wildman–Crippen LogP) is 3.88. The molecule has 0 saturated carbocycles. The van der Waals surface area contributed by atoms with Crippen LogP contribution in [0.5, 0.6) is 11.5 Å². The summed E-state index contributed by atoms with van der Waals surface area (Å²) in [6.45, 7) is 2.23. The van der Waals surface area contributed by atoms with Gasteiger partial charge < -0.3 is 19.7 Å². The van der Waals surface area contributed by atoms with Gasteiger partial charge in [-0.2, -0.15) is 0 Å². The summed E-state index contributed by atoms with van der Waals surface area (Å²) in [6.07, 6.45) is 4.07. The van der Waals surface area contributed by atoms with Crippen LogP contribution in [0.25, 0.3) is 0 Å². The molecule has 0 radical (unpaired) electrons. The van der Waals surface area contributed by atoms with Crippen LogP contribution in [0.2, 0.25) is 0 Å². The fourth-order valence-electron chi connectivity index (χ4n) is 3.28. The Morgan fingerprint density at radius 2 is 1.73 bits per heavy atom. The van der Waals surface area contributed by atoms with E-state index >= 15 is 0 Å². The normalized spacial score (nSPS) is 14.0. The molecule has 1 N–H and O–H groups in total. The number of piperidine rings is 1. The van der Waals surface area contributed by atoms with Crippen molar-refractivity contribution >= 4 is 17.3 Å². The second-order valence-electron chi connectivity index (χ2n) is 6.50. The Hall–Kier alpha value is -2.69. The highest BCUT2D eigenvalue weighted by molar-refractivity contribution is 5.92. The molecular formula is C21H26N2O3. The van der Waals surface area contributed by atoms with Crippen molar-refractivity contribution < 1.29 is 14.3 Å². The quantitative estimate of drug-likeness (QED) is 0.855. The molecule has 26 heavy (non-hydrogen) atoms. The molecule has 2 aromatic carbocycles. The van der Waals surface area contributed by atoms with Crippen LogP contribution in [0.1, 0.15) is 24.8 Å². The highest BCUT2D eigenvalue weighted by atomic mass is 16.5. The van der Waals surface area contributed by atoms with Crippen LogP contribution < -0.4 is 19.7 Å². The lowest BCUT2D eigenvalue weighted by Crippen LogP contribution is -2.29. The lowest BCUT2D eigenvalue weighted by atomic mass is 10.1. The largest absolute Gasteiger partial charge is 0.497 e. The first-order chi connectivity index (χ1) is 12.7. The van der Waals surface area contributed by atoms with Crippen molar-refractivity contribution in [2.45, 2.75) is 25.7 Å². The third kappa shape index (κ3) is 4.48. The summed E-state index contributed by atoms with van der Waals surface area (Å²) in [5.74, 6) is 1.29. The van der Waals surface area contributed by atoms with Crippen LogP contribution in [-0.2, 0) is 11.2 Å². The zero-order valence-corrected chi connectivity index (χ0v) is 15.5. The maximum atomic E-state index is 12.4. The molecule has 1 heterocycles. The Bertz CT molecular complexity index is 737. The Kier molecular flexibility index (Phi) is 6.00. The van der Waals surface area contributed by atoms with Crippen molar-refractivity contribution in [2.24, 2.45) is 0 Å². The monoisotopic (exact) mass is 354 g/mol. The van der Waals surface area contributed by atoms with Gasteiger partial charge in [-0.05, 0) is 49.6 Å². The molecule has 5 nitrogen and oxygen atoms in total. The number of carbonyl (C=O) groups is 1. The Morgan fingerprint density at radius 1 is 1.00 bits per heavy atom. The maximum absolute atomic E-state index is 12.4. The summed E-state index contributed by atoms with van der Waals surface area (Å²) >= 11 is 0. The van der Waals surface area contributed by atoms with Crippen molar-refractivity contribution in [1.29, 1.82) is 0 Å². The molecular weight excluding hydrogens is 328 g/mol. The lowest BCUT2D eigenvalue weighted by molar-refractivity contribution is -0.115. The minimum Gasteiger partial charge on any atom is -0.497 e. The fourth-order valence-corrected chi connectivity index (χ4v) is 3.28. The van der Waals surface area contributed by atoms with Crippen LogP contribution in [0.15, 0.2) is 42.5 Å². The van der Waals surface area contributed by atoms with Gasteiger partial charge in [0.15, 0.2) is 0 Å². The third-order valence-corrected chi connectivity index (χ3v) is 4.72. The van der Waals surface area contributed by atoms with Crippen LogP contribution >= 0.6 is 0 Å². The topological polar surface area (TPSA) is 50.8 Å². The molecule has 0 spiro atoms. The second-order valence-corrected chi connectivity index (χ2v) is 6.50. The molecule has 138 valence electrons. The Labute approximate surface area is 154 Å². The number of rotatable bonds is 6. The van der Waals surface area contributed by atoms with Gasteiger partial charge in [0.25, 0.3) is 0 Å². The van der Waals surface area contributed by atoms with Gasteiger partial charge in [0.05, 0.1) is 20.6 Å². The van der Waals surface area contributed by atoms with Crippen LogP contribution in [0.3, 0.4) is 0 Å². The SMILES string of the molecule is COc1ccc(CC(=O)Nc2ccc(N3CCCCC3)cc2)c(OC)c1.